The lowest BCUT2D eigenvalue weighted by atomic mass is 9.85. The Morgan fingerprint density at radius 1 is 1.13 bits per heavy atom. The number of carbonyl (C=O) groups excluding carboxylic acids is 2. The largest absolute Gasteiger partial charge is 0.493 e. The Balaban J connectivity index is 1.85. The average molecular weight is 536 g/mol. The summed E-state index contributed by atoms with van der Waals surface area (Å²) in [6.45, 7) is 3.49. The zero-order valence-electron chi connectivity index (χ0n) is 23.0. The molecule has 1 aromatic heterocycles. The fourth-order valence-electron chi connectivity index (χ4n) is 5.72. The summed E-state index contributed by atoms with van der Waals surface area (Å²) >= 11 is 0. The number of fused-ring (bicyclic) bond motifs is 3. The summed E-state index contributed by atoms with van der Waals surface area (Å²) in [6.07, 6.45) is 2.55. The molecule has 0 saturated heterocycles. The summed E-state index contributed by atoms with van der Waals surface area (Å²) in [6, 6.07) is 6.54. The molecule has 1 aromatic carbocycles. The number of nitrogens with zero attached hydrogens (tertiary/aromatic N) is 2. The molecular weight excluding hydrogens is 502 g/mol. The molecule has 4 aliphatic rings. The number of methoxy groups -OCH3 is 4. The monoisotopic (exact) mass is 535 g/mol. The van der Waals surface area contributed by atoms with Crippen LogP contribution in [-0.2, 0) is 32.0 Å². The van der Waals surface area contributed by atoms with E-state index < -0.39 is 18.2 Å². The number of rotatable bonds is 7. The molecule has 2 bridgehead atoms. The number of benzene rings is 1. The lowest BCUT2D eigenvalue weighted by Gasteiger charge is -2.40. The van der Waals surface area contributed by atoms with Crippen LogP contribution in [0.4, 0.5) is 5.82 Å². The molecule has 2 aromatic rings. The Bertz CT molecular complexity index is 1380. The molecule has 1 N–H and O–H groups in total. The molecule has 3 heterocycles. The summed E-state index contributed by atoms with van der Waals surface area (Å²) in [7, 11) is 6.17. The normalized spacial score (nSPS) is 21.8. The zero-order valence-corrected chi connectivity index (χ0v) is 23.0. The van der Waals surface area contributed by atoms with E-state index in [9.17, 15) is 9.59 Å². The summed E-state index contributed by atoms with van der Waals surface area (Å²) in [4.78, 5) is 37.4. The maximum atomic E-state index is 13.8. The van der Waals surface area contributed by atoms with Crippen molar-refractivity contribution in [2.24, 2.45) is 0 Å². The summed E-state index contributed by atoms with van der Waals surface area (Å²) in [5.74, 6) is 1.63. The predicted molar refractivity (Wildman–Crippen MR) is 144 cm³/mol. The van der Waals surface area contributed by atoms with Crippen LogP contribution < -0.4 is 24.6 Å². The minimum absolute atomic E-state index is 0.176. The molecular formula is C29H33N3O7. The lowest BCUT2D eigenvalue weighted by Crippen LogP contribution is -2.50. The van der Waals surface area contributed by atoms with Gasteiger partial charge in [-0.05, 0) is 60.2 Å². The van der Waals surface area contributed by atoms with E-state index >= 15 is 0 Å². The first-order valence-electron chi connectivity index (χ1n) is 12.9. The SMILES string of the molecule is CCc1cccc(N2O[C@H]3C(=O)C(OC)=C[C@H]2C2=C3[C@@H](NC(C)=O)CCc3cc(OC)c(OC)c(OC)c32)n1. The van der Waals surface area contributed by atoms with E-state index in [-0.39, 0.29) is 17.4 Å². The van der Waals surface area contributed by atoms with E-state index in [0.717, 1.165) is 28.8 Å². The van der Waals surface area contributed by atoms with E-state index in [1.807, 2.05) is 31.2 Å². The fourth-order valence-corrected chi connectivity index (χ4v) is 5.72. The fraction of sp³-hybridized carbons (Fsp3) is 0.414. The molecule has 0 radical (unpaired) electrons. The zero-order chi connectivity index (χ0) is 27.8. The van der Waals surface area contributed by atoms with Crippen LogP contribution in [0.25, 0.3) is 5.57 Å². The molecule has 0 fully saturated rings. The van der Waals surface area contributed by atoms with Crippen molar-refractivity contribution in [2.45, 2.75) is 51.3 Å². The number of pyridine rings is 1. The molecule has 3 atom stereocenters. The van der Waals surface area contributed by atoms with Gasteiger partial charge in [-0.25, -0.2) is 10.0 Å². The van der Waals surface area contributed by atoms with Gasteiger partial charge in [0.05, 0.1) is 34.5 Å². The number of hydrogen-bond donors (Lipinski definition) is 1. The van der Waals surface area contributed by atoms with Crippen molar-refractivity contribution in [3.05, 3.63) is 58.5 Å². The van der Waals surface area contributed by atoms with Gasteiger partial charge in [0.1, 0.15) is 6.04 Å². The first kappa shape index (κ1) is 26.6. The highest BCUT2D eigenvalue weighted by Gasteiger charge is 2.50. The van der Waals surface area contributed by atoms with Crippen LogP contribution in [0.3, 0.4) is 0 Å². The highest BCUT2D eigenvalue weighted by molar-refractivity contribution is 6.05. The molecule has 39 heavy (non-hydrogen) atoms. The van der Waals surface area contributed by atoms with Gasteiger partial charge in [-0.1, -0.05) is 13.0 Å². The lowest BCUT2D eigenvalue weighted by molar-refractivity contribution is -0.129. The maximum absolute atomic E-state index is 13.8. The predicted octanol–water partition coefficient (Wildman–Crippen LogP) is 3.18. The third-order valence-electron chi connectivity index (χ3n) is 7.39. The summed E-state index contributed by atoms with van der Waals surface area (Å²) in [5.41, 5.74) is 4.03. The third kappa shape index (κ3) is 4.38. The van der Waals surface area contributed by atoms with E-state index in [4.69, 9.17) is 28.8 Å². The van der Waals surface area contributed by atoms with Crippen molar-refractivity contribution in [2.75, 3.05) is 33.5 Å². The smallest absolute Gasteiger partial charge is 0.232 e. The van der Waals surface area contributed by atoms with Gasteiger partial charge in [-0.15, -0.1) is 0 Å². The number of ether oxygens (including phenoxy) is 4. The molecule has 10 heteroatoms. The summed E-state index contributed by atoms with van der Waals surface area (Å²) < 4.78 is 22.9. The molecule has 0 spiro atoms. The van der Waals surface area contributed by atoms with Crippen LogP contribution in [0.5, 0.6) is 17.2 Å². The van der Waals surface area contributed by atoms with Gasteiger partial charge in [0.25, 0.3) is 0 Å². The third-order valence-corrected chi connectivity index (χ3v) is 7.39. The number of anilines is 1. The average Bonchev–Trinajstić information content (AvgIpc) is 3.25. The van der Waals surface area contributed by atoms with Crippen LogP contribution >= 0.6 is 0 Å². The Hall–Kier alpha value is -4.05. The van der Waals surface area contributed by atoms with Crippen LogP contribution in [-0.4, -0.2) is 63.3 Å². The number of ketones is 1. The minimum atomic E-state index is -1.06. The van der Waals surface area contributed by atoms with Crippen molar-refractivity contribution in [3.63, 3.8) is 0 Å². The second-order valence-electron chi connectivity index (χ2n) is 9.54. The van der Waals surface area contributed by atoms with Crippen molar-refractivity contribution in [3.8, 4) is 17.2 Å². The molecule has 0 unspecified atom stereocenters. The Labute approximate surface area is 227 Å². The first-order chi connectivity index (χ1) is 18.9. The van der Waals surface area contributed by atoms with E-state index in [2.05, 4.69) is 5.32 Å². The van der Waals surface area contributed by atoms with Crippen molar-refractivity contribution in [1.82, 2.24) is 10.3 Å². The number of hydrogen-bond acceptors (Lipinski definition) is 9. The van der Waals surface area contributed by atoms with Crippen molar-refractivity contribution in [1.29, 1.82) is 0 Å². The molecule has 6 rings (SSSR count). The van der Waals surface area contributed by atoms with Gasteiger partial charge in [0.2, 0.25) is 17.4 Å². The summed E-state index contributed by atoms with van der Waals surface area (Å²) in [5, 5.41) is 4.71. The van der Waals surface area contributed by atoms with Gasteiger partial charge in [0.15, 0.2) is 29.2 Å². The second kappa shape index (κ2) is 10.6. The Kier molecular flexibility index (Phi) is 7.22. The maximum Gasteiger partial charge on any atom is 0.232 e. The highest BCUT2D eigenvalue weighted by Crippen LogP contribution is 2.52. The van der Waals surface area contributed by atoms with Gasteiger partial charge in [-0.2, -0.15) is 0 Å². The van der Waals surface area contributed by atoms with Gasteiger partial charge < -0.3 is 24.3 Å². The van der Waals surface area contributed by atoms with E-state index in [1.165, 1.54) is 14.0 Å². The number of Topliss-reactive ketones (excluding diaryl/α,β-unsaturated/α-hetero) is 1. The van der Waals surface area contributed by atoms with E-state index in [1.54, 1.807) is 32.5 Å². The van der Waals surface area contributed by atoms with Crippen molar-refractivity contribution >= 4 is 23.1 Å². The molecule has 2 aliphatic carbocycles. The van der Waals surface area contributed by atoms with Gasteiger partial charge in [0, 0.05) is 18.2 Å². The van der Waals surface area contributed by atoms with Crippen LogP contribution in [0.2, 0.25) is 0 Å². The molecule has 1 amide bonds. The van der Waals surface area contributed by atoms with Gasteiger partial charge >= 0.3 is 0 Å². The van der Waals surface area contributed by atoms with E-state index in [0.29, 0.717) is 41.5 Å². The number of nitrogens with one attached hydrogen (secondary N) is 1. The van der Waals surface area contributed by atoms with Crippen LogP contribution in [0, 0.1) is 0 Å². The van der Waals surface area contributed by atoms with Crippen molar-refractivity contribution < 1.29 is 33.4 Å². The van der Waals surface area contributed by atoms with Gasteiger partial charge in [-0.3, -0.25) is 14.4 Å². The number of aryl methyl sites for hydroxylation is 2. The Morgan fingerprint density at radius 2 is 1.90 bits per heavy atom. The number of amides is 1. The molecule has 206 valence electrons. The molecule has 0 saturated carbocycles. The number of carbonyl (C=O) groups is 2. The second-order valence-corrected chi connectivity index (χ2v) is 9.54. The number of hydroxylamine groups is 1. The molecule has 2 aliphatic heterocycles. The van der Waals surface area contributed by atoms with Crippen LogP contribution in [0.15, 0.2) is 41.7 Å². The minimum Gasteiger partial charge on any atom is -0.493 e. The molecule has 10 nitrogen and oxygen atoms in total. The standard InChI is InChI=1S/C29H33N3O7/c1-7-17-9-8-10-22(31-17)32-19-14-20(35-3)26(34)28(39-32)24-18(30-15(2)33)12-11-16-13-21(36-4)27(37-5)29(38-6)23(16)25(19)24/h8-10,13-14,18-19,28H,7,11-12H2,1-6H3,(H,30,33)/t18-,19-,28+/m0/s1. The number of aromatic nitrogens is 1. The quantitative estimate of drug-likeness (QED) is 0.572. The first-order valence-corrected chi connectivity index (χ1v) is 12.9. The Morgan fingerprint density at radius 3 is 2.54 bits per heavy atom. The van der Waals surface area contributed by atoms with Crippen LogP contribution in [0.1, 0.15) is 37.1 Å². The highest BCUT2D eigenvalue weighted by atomic mass is 16.7. The topological polar surface area (TPSA) is 108 Å².